The van der Waals surface area contributed by atoms with Crippen LogP contribution in [0, 0.1) is 0 Å². The van der Waals surface area contributed by atoms with E-state index in [9.17, 15) is 4.79 Å². The van der Waals surface area contributed by atoms with Crippen molar-refractivity contribution in [2.45, 2.75) is 0 Å². The molecule has 0 bridgehead atoms. The van der Waals surface area contributed by atoms with Crippen LogP contribution < -0.4 is 19.5 Å². The van der Waals surface area contributed by atoms with E-state index in [-0.39, 0.29) is 11.7 Å². The van der Waals surface area contributed by atoms with Crippen LogP contribution in [-0.2, 0) is 0 Å². The molecule has 0 fully saturated rings. The van der Waals surface area contributed by atoms with Crippen LogP contribution in [0.5, 0.6) is 17.2 Å². The van der Waals surface area contributed by atoms with E-state index in [1.807, 2.05) is 0 Å². The van der Waals surface area contributed by atoms with Gasteiger partial charge in [0, 0.05) is 11.3 Å². The number of anilines is 1. The molecule has 0 aliphatic carbocycles. The normalized spacial score (nSPS) is 10.7. The molecule has 0 spiro atoms. The molecule has 2 heterocycles. The van der Waals surface area contributed by atoms with Crippen molar-refractivity contribution >= 4 is 22.7 Å². The summed E-state index contributed by atoms with van der Waals surface area (Å²) < 4.78 is 27.1. The van der Waals surface area contributed by atoms with Crippen molar-refractivity contribution in [2.24, 2.45) is 0 Å². The van der Waals surface area contributed by atoms with Gasteiger partial charge in [-0.25, -0.2) is 4.98 Å². The first-order chi connectivity index (χ1) is 14.1. The summed E-state index contributed by atoms with van der Waals surface area (Å²) in [4.78, 5) is 16.7. The molecule has 4 aromatic rings. The fraction of sp³-hybridized carbons (Fsp3) is 0.143. The lowest BCUT2D eigenvalue weighted by Crippen LogP contribution is -2.10. The van der Waals surface area contributed by atoms with Gasteiger partial charge >= 0.3 is 0 Å². The predicted octanol–water partition coefficient (Wildman–Crippen LogP) is 4.37. The molecule has 0 aliphatic rings. The second-order valence-corrected chi connectivity index (χ2v) is 6.05. The fourth-order valence-corrected chi connectivity index (χ4v) is 2.93. The highest BCUT2D eigenvalue weighted by Gasteiger charge is 2.18. The Morgan fingerprint density at radius 1 is 1.00 bits per heavy atom. The molecule has 0 atom stereocenters. The topological polar surface area (TPSA) is 96.0 Å². The summed E-state index contributed by atoms with van der Waals surface area (Å²) in [7, 11) is 4.63. The lowest BCUT2D eigenvalue weighted by molar-refractivity contribution is 0.0996. The number of carbonyl (C=O) groups is 1. The van der Waals surface area contributed by atoms with Gasteiger partial charge in [0.2, 0.25) is 11.6 Å². The molecule has 0 radical (unpaired) electrons. The van der Waals surface area contributed by atoms with E-state index < -0.39 is 0 Å². The van der Waals surface area contributed by atoms with Crippen LogP contribution in [0.1, 0.15) is 10.6 Å². The number of carbonyl (C=O) groups excluding carboxylic acids is 1. The van der Waals surface area contributed by atoms with Crippen LogP contribution in [-0.4, -0.2) is 32.2 Å². The highest BCUT2D eigenvalue weighted by Crippen LogP contribution is 2.41. The van der Waals surface area contributed by atoms with Crippen molar-refractivity contribution in [3.05, 3.63) is 54.5 Å². The van der Waals surface area contributed by atoms with Crippen LogP contribution in [0.3, 0.4) is 0 Å². The molecule has 4 rings (SSSR count). The molecule has 1 amide bonds. The molecular weight excluding hydrogens is 376 g/mol. The van der Waals surface area contributed by atoms with E-state index in [0.717, 1.165) is 0 Å². The van der Waals surface area contributed by atoms with Crippen LogP contribution in [0.4, 0.5) is 5.69 Å². The molecule has 0 unspecified atom stereocenters. The first kappa shape index (κ1) is 18.4. The molecule has 8 heteroatoms. The highest BCUT2D eigenvalue weighted by molar-refractivity contribution is 6.03. The van der Waals surface area contributed by atoms with Gasteiger partial charge in [0.15, 0.2) is 22.8 Å². The highest BCUT2D eigenvalue weighted by atomic mass is 16.5. The number of furan rings is 1. The lowest BCUT2D eigenvalue weighted by Gasteiger charge is -2.12. The first-order valence-corrected chi connectivity index (χ1v) is 8.68. The Morgan fingerprint density at radius 2 is 1.76 bits per heavy atom. The Morgan fingerprint density at radius 3 is 2.38 bits per heavy atom. The van der Waals surface area contributed by atoms with Gasteiger partial charge in [-0.2, -0.15) is 0 Å². The zero-order valence-corrected chi connectivity index (χ0v) is 16.0. The largest absolute Gasteiger partial charge is 0.493 e. The fourth-order valence-electron chi connectivity index (χ4n) is 2.93. The van der Waals surface area contributed by atoms with Gasteiger partial charge in [0.25, 0.3) is 5.91 Å². The third-order valence-electron chi connectivity index (χ3n) is 4.30. The number of nitrogens with zero attached hydrogens (tertiary/aromatic N) is 1. The molecule has 2 aromatic carbocycles. The van der Waals surface area contributed by atoms with Crippen molar-refractivity contribution in [1.29, 1.82) is 0 Å². The zero-order valence-electron chi connectivity index (χ0n) is 16.0. The summed E-state index contributed by atoms with van der Waals surface area (Å²) in [6.07, 6.45) is 1.44. The summed E-state index contributed by atoms with van der Waals surface area (Å²) in [6, 6.07) is 11.9. The van der Waals surface area contributed by atoms with E-state index in [1.165, 1.54) is 13.4 Å². The lowest BCUT2D eigenvalue weighted by atomic mass is 10.2. The molecule has 0 saturated carbocycles. The van der Waals surface area contributed by atoms with E-state index in [2.05, 4.69) is 10.3 Å². The van der Waals surface area contributed by atoms with Gasteiger partial charge in [0.1, 0.15) is 5.52 Å². The summed E-state index contributed by atoms with van der Waals surface area (Å²) >= 11 is 0. The number of nitrogens with one attached hydrogen (secondary N) is 1. The smallest absolute Gasteiger partial charge is 0.291 e. The van der Waals surface area contributed by atoms with E-state index in [0.29, 0.717) is 45.5 Å². The Labute approximate surface area is 166 Å². The molecule has 8 nitrogen and oxygen atoms in total. The van der Waals surface area contributed by atoms with Gasteiger partial charge in [-0.3, -0.25) is 4.79 Å². The van der Waals surface area contributed by atoms with Crippen LogP contribution in [0.15, 0.2) is 57.6 Å². The van der Waals surface area contributed by atoms with Crippen molar-refractivity contribution in [3.8, 4) is 28.7 Å². The number of benzene rings is 2. The van der Waals surface area contributed by atoms with Gasteiger partial charge in [-0.15, -0.1) is 0 Å². The average Bonchev–Trinajstić information content (AvgIpc) is 3.42. The molecule has 2 aromatic heterocycles. The summed E-state index contributed by atoms with van der Waals surface area (Å²) in [6.45, 7) is 0. The molecular formula is C21H18N2O6. The van der Waals surface area contributed by atoms with Crippen LogP contribution in [0.2, 0.25) is 0 Å². The van der Waals surface area contributed by atoms with Crippen molar-refractivity contribution in [1.82, 2.24) is 4.98 Å². The molecule has 0 aliphatic heterocycles. The van der Waals surface area contributed by atoms with Crippen molar-refractivity contribution < 1.29 is 27.8 Å². The third kappa shape index (κ3) is 3.47. The molecule has 148 valence electrons. The number of hydrogen-bond donors (Lipinski definition) is 1. The monoisotopic (exact) mass is 394 g/mol. The van der Waals surface area contributed by atoms with Gasteiger partial charge in [-0.05, 0) is 42.5 Å². The quantitative estimate of drug-likeness (QED) is 0.519. The number of hydrogen-bond acceptors (Lipinski definition) is 7. The van der Waals surface area contributed by atoms with Gasteiger partial charge in [-0.1, -0.05) is 0 Å². The minimum absolute atomic E-state index is 0.225. The minimum atomic E-state index is -0.345. The number of ether oxygens (including phenoxy) is 3. The number of oxazole rings is 1. The maximum Gasteiger partial charge on any atom is 0.291 e. The van der Waals surface area contributed by atoms with Crippen molar-refractivity contribution in [2.75, 3.05) is 26.6 Å². The number of aromatic nitrogens is 1. The predicted molar refractivity (Wildman–Crippen MR) is 106 cm³/mol. The van der Waals surface area contributed by atoms with E-state index in [4.69, 9.17) is 23.0 Å². The van der Waals surface area contributed by atoms with Crippen LogP contribution >= 0.6 is 0 Å². The SMILES string of the molecule is COc1cc(-c2nc3cc(NC(=O)c4ccco4)ccc3o2)cc(OC)c1OC. The molecule has 29 heavy (non-hydrogen) atoms. The minimum Gasteiger partial charge on any atom is -0.493 e. The standard InChI is InChI=1S/C21H18N2O6/c1-25-17-9-12(10-18(26-2)19(17)27-3)21-23-14-11-13(6-7-15(14)29-21)22-20(24)16-5-4-8-28-16/h4-11H,1-3H3,(H,22,24). The third-order valence-corrected chi connectivity index (χ3v) is 4.30. The maximum absolute atomic E-state index is 12.2. The van der Waals surface area contributed by atoms with Crippen LogP contribution in [0.25, 0.3) is 22.6 Å². The number of methoxy groups -OCH3 is 3. The Balaban J connectivity index is 1.68. The summed E-state index contributed by atoms with van der Waals surface area (Å²) in [5, 5.41) is 2.77. The number of amides is 1. The number of rotatable bonds is 6. The van der Waals surface area contributed by atoms with Gasteiger partial charge < -0.3 is 28.4 Å². The Bertz CT molecular complexity index is 1140. The number of fused-ring (bicyclic) bond motifs is 1. The molecule has 1 N–H and O–H groups in total. The summed E-state index contributed by atoms with van der Waals surface area (Å²) in [5.41, 5.74) is 2.40. The summed E-state index contributed by atoms with van der Waals surface area (Å²) in [5.74, 6) is 1.74. The van der Waals surface area contributed by atoms with E-state index in [1.54, 1.807) is 56.7 Å². The van der Waals surface area contributed by atoms with Crippen molar-refractivity contribution in [3.63, 3.8) is 0 Å². The Hall–Kier alpha value is -3.94. The Kier molecular flexibility index (Phi) is 4.82. The molecule has 0 saturated heterocycles. The second kappa shape index (κ2) is 7.59. The zero-order chi connectivity index (χ0) is 20.4. The van der Waals surface area contributed by atoms with E-state index >= 15 is 0 Å². The second-order valence-electron chi connectivity index (χ2n) is 6.05. The van der Waals surface area contributed by atoms with Gasteiger partial charge in [0.05, 0.1) is 27.6 Å². The first-order valence-electron chi connectivity index (χ1n) is 8.68. The maximum atomic E-state index is 12.2. The average molecular weight is 394 g/mol.